The standard InChI is InChI=1S/C14H16N4S/c1-11-3-4-12-13(9-11)19-14(17-12)16-5-2-7-18-8-6-15-10-18/h3-4,6,8-10H,2,5,7H2,1H3,(H,16,17). The molecule has 0 amide bonds. The van der Waals surface area contributed by atoms with E-state index in [1.807, 2.05) is 18.7 Å². The van der Waals surface area contributed by atoms with Gasteiger partial charge in [0, 0.05) is 25.5 Å². The van der Waals surface area contributed by atoms with Gasteiger partial charge in [-0.25, -0.2) is 9.97 Å². The van der Waals surface area contributed by atoms with E-state index in [9.17, 15) is 0 Å². The van der Waals surface area contributed by atoms with Crippen LogP contribution >= 0.6 is 11.3 Å². The highest BCUT2D eigenvalue weighted by Crippen LogP contribution is 2.26. The molecule has 4 nitrogen and oxygen atoms in total. The van der Waals surface area contributed by atoms with Crippen LogP contribution in [0.2, 0.25) is 0 Å². The average molecular weight is 272 g/mol. The Bertz CT molecular complexity index is 657. The highest BCUT2D eigenvalue weighted by atomic mass is 32.1. The van der Waals surface area contributed by atoms with Crippen molar-refractivity contribution in [3.8, 4) is 0 Å². The number of nitrogens with zero attached hydrogens (tertiary/aromatic N) is 3. The van der Waals surface area contributed by atoms with Crippen LogP contribution in [0.3, 0.4) is 0 Å². The maximum atomic E-state index is 4.58. The van der Waals surface area contributed by atoms with Crippen molar-refractivity contribution in [3.63, 3.8) is 0 Å². The first-order chi connectivity index (χ1) is 9.31. The summed E-state index contributed by atoms with van der Waals surface area (Å²) in [6.45, 7) is 4.02. The zero-order chi connectivity index (χ0) is 13.1. The lowest BCUT2D eigenvalue weighted by Crippen LogP contribution is -2.05. The van der Waals surface area contributed by atoms with E-state index in [1.165, 1.54) is 10.3 Å². The number of imidazole rings is 1. The van der Waals surface area contributed by atoms with Crippen LogP contribution < -0.4 is 5.32 Å². The van der Waals surface area contributed by atoms with E-state index in [0.29, 0.717) is 0 Å². The maximum Gasteiger partial charge on any atom is 0.183 e. The molecule has 0 aliphatic rings. The largest absolute Gasteiger partial charge is 0.361 e. The normalized spacial score (nSPS) is 11.0. The van der Waals surface area contributed by atoms with Crippen LogP contribution in [-0.2, 0) is 6.54 Å². The molecule has 0 saturated heterocycles. The zero-order valence-electron chi connectivity index (χ0n) is 10.8. The summed E-state index contributed by atoms with van der Waals surface area (Å²) >= 11 is 1.72. The SMILES string of the molecule is Cc1ccc2nc(NCCCn3ccnc3)sc2c1. The van der Waals surface area contributed by atoms with E-state index < -0.39 is 0 Å². The minimum absolute atomic E-state index is 0.928. The molecule has 2 heterocycles. The fourth-order valence-corrected chi connectivity index (χ4v) is 2.97. The Labute approximate surface area is 116 Å². The van der Waals surface area contributed by atoms with Crippen molar-refractivity contribution in [1.82, 2.24) is 14.5 Å². The molecule has 0 spiro atoms. The quantitative estimate of drug-likeness (QED) is 0.725. The van der Waals surface area contributed by atoms with E-state index in [4.69, 9.17) is 0 Å². The summed E-state index contributed by atoms with van der Waals surface area (Å²) in [6, 6.07) is 6.37. The first kappa shape index (κ1) is 12.2. The van der Waals surface area contributed by atoms with Gasteiger partial charge in [-0.2, -0.15) is 0 Å². The predicted molar refractivity (Wildman–Crippen MR) is 79.7 cm³/mol. The number of aromatic nitrogens is 3. The molecule has 0 radical (unpaired) electrons. The van der Waals surface area contributed by atoms with Gasteiger partial charge in [0.25, 0.3) is 0 Å². The summed E-state index contributed by atoms with van der Waals surface area (Å²) in [5.74, 6) is 0. The summed E-state index contributed by atoms with van der Waals surface area (Å²) in [6.07, 6.45) is 6.70. The number of hydrogen-bond acceptors (Lipinski definition) is 4. The van der Waals surface area contributed by atoms with Crippen LogP contribution in [0.1, 0.15) is 12.0 Å². The molecular weight excluding hydrogens is 256 g/mol. The summed E-state index contributed by atoms with van der Waals surface area (Å²) in [5, 5.41) is 4.40. The second-order valence-electron chi connectivity index (χ2n) is 4.57. The van der Waals surface area contributed by atoms with Gasteiger partial charge < -0.3 is 9.88 Å². The summed E-state index contributed by atoms with van der Waals surface area (Å²) in [7, 11) is 0. The van der Waals surface area contributed by atoms with Crippen LogP contribution in [0.25, 0.3) is 10.2 Å². The highest BCUT2D eigenvalue weighted by Gasteiger charge is 2.02. The van der Waals surface area contributed by atoms with Crippen molar-refractivity contribution >= 4 is 26.7 Å². The third-order valence-corrected chi connectivity index (χ3v) is 3.95. The topological polar surface area (TPSA) is 42.7 Å². The Morgan fingerprint density at radius 3 is 3.16 bits per heavy atom. The number of benzene rings is 1. The highest BCUT2D eigenvalue weighted by molar-refractivity contribution is 7.22. The molecule has 3 rings (SSSR count). The van der Waals surface area contributed by atoms with E-state index in [0.717, 1.165) is 30.2 Å². The molecule has 2 aromatic heterocycles. The molecule has 0 saturated carbocycles. The molecule has 0 aliphatic heterocycles. The summed E-state index contributed by atoms with van der Waals surface area (Å²) < 4.78 is 3.33. The number of anilines is 1. The number of aryl methyl sites for hydroxylation is 2. The number of rotatable bonds is 5. The zero-order valence-corrected chi connectivity index (χ0v) is 11.7. The van der Waals surface area contributed by atoms with Crippen molar-refractivity contribution in [1.29, 1.82) is 0 Å². The predicted octanol–water partition coefficient (Wildman–Crippen LogP) is 3.30. The summed E-state index contributed by atoms with van der Waals surface area (Å²) in [4.78, 5) is 8.61. The van der Waals surface area contributed by atoms with Crippen LogP contribution in [0.15, 0.2) is 36.9 Å². The average Bonchev–Trinajstić information content (AvgIpc) is 3.02. The second kappa shape index (κ2) is 5.40. The van der Waals surface area contributed by atoms with Gasteiger partial charge in [-0.05, 0) is 31.0 Å². The monoisotopic (exact) mass is 272 g/mol. The number of fused-ring (bicyclic) bond motifs is 1. The van der Waals surface area contributed by atoms with Crippen LogP contribution in [0, 0.1) is 6.92 Å². The molecule has 0 bridgehead atoms. The first-order valence-electron chi connectivity index (χ1n) is 6.38. The Balaban J connectivity index is 1.56. The van der Waals surface area contributed by atoms with Gasteiger partial charge in [0.2, 0.25) is 0 Å². The van der Waals surface area contributed by atoms with Gasteiger partial charge in [0.15, 0.2) is 5.13 Å². The molecule has 5 heteroatoms. The smallest absolute Gasteiger partial charge is 0.183 e. The molecule has 1 aromatic carbocycles. The molecule has 3 aromatic rings. The van der Waals surface area contributed by atoms with Crippen LogP contribution in [0.4, 0.5) is 5.13 Å². The van der Waals surface area contributed by atoms with Crippen molar-refractivity contribution < 1.29 is 0 Å². The molecular formula is C14H16N4S. The van der Waals surface area contributed by atoms with Gasteiger partial charge in [0.1, 0.15) is 0 Å². The van der Waals surface area contributed by atoms with Gasteiger partial charge in [-0.15, -0.1) is 0 Å². The Morgan fingerprint density at radius 1 is 1.37 bits per heavy atom. The van der Waals surface area contributed by atoms with Crippen molar-refractivity contribution in [2.75, 3.05) is 11.9 Å². The third-order valence-electron chi connectivity index (χ3n) is 2.97. The minimum atomic E-state index is 0.928. The number of thiazole rings is 1. The van der Waals surface area contributed by atoms with Gasteiger partial charge >= 0.3 is 0 Å². The molecule has 0 fully saturated rings. The van der Waals surface area contributed by atoms with E-state index in [1.54, 1.807) is 11.3 Å². The van der Waals surface area contributed by atoms with Gasteiger partial charge in [-0.3, -0.25) is 0 Å². The van der Waals surface area contributed by atoms with Gasteiger partial charge in [0.05, 0.1) is 16.5 Å². The van der Waals surface area contributed by atoms with Crippen LogP contribution in [-0.4, -0.2) is 21.1 Å². The number of hydrogen-bond donors (Lipinski definition) is 1. The first-order valence-corrected chi connectivity index (χ1v) is 7.20. The lowest BCUT2D eigenvalue weighted by Gasteiger charge is -2.02. The molecule has 98 valence electrons. The van der Waals surface area contributed by atoms with E-state index in [-0.39, 0.29) is 0 Å². The lowest BCUT2D eigenvalue weighted by atomic mass is 10.2. The molecule has 0 unspecified atom stereocenters. The summed E-state index contributed by atoms with van der Waals surface area (Å²) in [5.41, 5.74) is 2.36. The van der Waals surface area contributed by atoms with Gasteiger partial charge in [-0.1, -0.05) is 17.4 Å². The molecule has 1 N–H and O–H groups in total. The lowest BCUT2D eigenvalue weighted by molar-refractivity contribution is 0.660. The number of nitrogens with one attached hydrogen (secondary N) is 1. The van der Waals surface area contributed by atoms with Crippen molar-refractivity contribution in [2.45, 2.75) is 19.9 Å². The fourth-order valence-electron chi connectivity index (χ4n) is 1.98. The molecule has 19 heavy (non-hydrogen) atoms. The Hall–Kier alpha value is -1.88. The van der Waals surface area contributed by atoms with E-state index >= 15 is 0 Å². The van der Waals surface area contributed by atoms with Crippen molar-refractivity contribution in [2.24, 2.45) is 0 Å². The van der Waals surface area contributed by atoms with Crippen LogP contribution in [0.5, 0.6) is 0 Å². The third kappa shape index (κ3) is 2.93. The Kier molecular flexibility index (Phi) is 3.46. The molecule has 0 atom stereocenters. The van der Waals surface area contributed by atoms with E-state index in [2.05, 4.69) is 45.0 Å². The second-order valence-corrected chi connectivity index (χ2v) is 5.60. The van der Waals surface area contributed by atoms with Crippen molar-refractivity contribution in [3.05, 3.63) is 42.5 Å². The Morgan fingerprint density at radius 2 is 2.32 bits per heavy atom. The fraction of sp³-hybridized carbons (Fsp3) is 0.286. The minimum Gasteiger partial charge on any atom is -0.361 e. The maximum absolute atomic E-state index is 4.58. The molecule has 0 aliphatic carbocycles.